The molecular weight excluding hydrogens is 635 g/mol. The SMILES string of the molecule is CCOC(=O)C1=C(C)NC(=S)N[C@@H]1c1ccccc1OCC(=O)NN=Cc1cc(I)c(OCC)c(OCC)c1. The number of allylic oxidation sites excluding steroid dienone is 1. The minimum absolute atomic E-state index is 0.231. The Hall–Kier alpha value is -3.39. The maximum absolute atomic E-state index is 12.7. The van der Waals surface area contributed by atoms with Crippen LogP contribution in [0.4, 0.5) is 0 Å². The molecule has 208 valence electrons. The van der Waals surface area contributed by atoms with Gasteiger partial charge in [0, 0.05) is 11.3 Å². The Morgan fingerprint density at radius 1 is 1.08 bits per heavy atom. The zero-order valence-corrected chi connectivity index (χ0v) is 25.1. The lowest BCUT2D eigenvalue weighted by molar-refractivity contribution is -0.139. The van der Waals surface area contributed by atoms with Crippen LogP contribution in [0.2, 0.25) is 0 Å². The number of esters is 1. The van der Waals surface area contributed by atoms with Crippen LogP contribution < -0.4 is 30.3 Å². The minimum atomic E-state index is -0.614. The predicted octanol–water partition coefficient (Wildman–Crippen LogP) is 3.97. The molecule has 0 bridgehead atoms. The third-order valence-electron chi connectivity index (χ3n) is 5.38. The molecule has 2 aromatic rings. The van der Waals surface area contributed by atoms with Gasteiger partial charge in [0.25, 0.3) is 5.91 Å². The second kappa shape index (κ2) is 14.7. The lowest BCUT2D eigenvalue weighted by atomic mass is 9.95. The number of rotatable bonds is 12. The second-order valence-corrected chi connectivity index (χ2v) is 9.68. The maximum atomic E-state index is 12.7. The van der Waals surface area contributed by atoms with E-state index in [1.165, 1.54) is 6.21 Å². The summed E-state index contributed by atoms with van der Waals surface area (Å²) in [7, 11) is 0. The monoisotopic (exact) mass is 666 g/mol. The maximum Gasteiger partial charge on any atom is 0.338 e. The van der Waals surface area contributed by atoms with Crippen molar-refractivity contribution in [3.05, 3.63) is 62.4 Å². The number of thiocarbonyl (C=S) groups is 1. The van der Waals surface area contributed by atoms with Gasteiger partial charge in [0.1, 0.15) is 5.75 Å². The molecule has 0 radical (unpaired) electrons. The van der Waals surface area contributed by atoms with Crippen LogP contribution in [0.3, 0.4) is 0 Å². The van der Waals surface area contributed by atoms with E-state index in [9.17, 15) is 9.59 Å². The highest BCUT2D eigenvalue weighted by atomic mass is 127. The van der Waals surface area contributed by atoms with Crippen molar-refractivity contribution in [1.29, 1.82) is 0 Å². The molecule has 0 saturated carbocycles. The molecule has 3 rings (SSSR count). The first-order valence-electron chi connectivity index (χ1n) is 12.4. The zero-order chi connectivity index (χ0) is 28.4. The first-order chi connectivity index (χ1) is 18.8. The number of halogens is 1. The third-order valence-corrected chi connectivity index (χ3v) is 6.40. The molecule has 0 unspecified atom stereocenters. The number of nitrogens with one attached hydrogen (secondary N) is 3. The molecule has 1 aliphatic rings. The summed E-state index contributed by atoms with van der Waals surface area (Å²) in [5.41, 5.74) is 4.80. The van der Waals surface area contributed by atoms with Crippen molar-refractivity contribution in [2.75, 3.05) is 26.4 Å². The van der Waals surface area contributed by atoms with Gasteiger partial charge in [-0.1, -0.05) is 18.2 Å². The van der Waals surface area contributed by atoms with Crippen LogP contribution in [0.1, 0.15) is 44.9 Å². The molecule has 1 atom stereocenters. The van der Waals surface area contributed by atoms with E-state index in [0.29, 0.717) is 52.4 Å². The van der Waals surface area contributed by atoms with Crippen LogP contribution in [0.5, 0.6) is 17.2 Å². The Morgan fingerprint density at radius 2 is 1.82 bits per heavy atom. The van der Waals surface area contributed by atoms with Crippen LogP contribution in [-0.2, 0) is 14.3 Å². The van der Waals surface area contributed by atoms with E-state index in [1.807, 2.05) is 26.0 Å². The Morgan fingerprint density at radius 3 is 2.54 bits per heavy atom. The summed E-state index contributed by atoms with van der Waals surface area (Å²) < 4.78 is 23.3. The van der Waals surface area contributed by atoms with Crippen molar-refractivity contribution < 1.29 is 28.5 Å². The average molecular weight is 667 g/mol. The Kier molecular flexibility index (Phi) is 11.3. The van der Waals surface area contributed by atoms with Crippen LogP contribution >= 0.6 is 34.8 Å². The quantitative estimate of drug-likeness (QED) is 0.102. The fraction of sp³-hybridized carbons (Fsp3) is 0.333. The number of hydrogen-bond donors (Lipinski definition) is 3. The zero-order valence-electron chi connectivity index (χ0n) is 22.1. The van der Waals surface area contributed by atoms with E-state index >= 15 is 0 Å². The summed E-state index contributed by atoms with van der Waals surface area (Å²) in [6.07, 6.45) is 1.52. The summed E-state index contributed by atoms with van der Waals surface area (Å²) >= 11 is 7.48. The number of para-hydroxylation sites is 1. The topological polar surface area (TPSA) is 120 Å². The van der Waals surface area contributed by atoms with Crippen molar-refractivity contribution in [2.45, 2.75) is 33.7 Å². The Bertz CT molecular complexity index is 1280. The van der Waals surface area contributed by atoms with Crippen molar-refractivity contribution >= 4 is 58.0 Å². The predicted molar refractivity (Wildman–Crippen MR) is 160 cm³/mol. The molecule has 1 heterocycles. The van der Waals surface area contributed by atoms with Gasteiger partial charge >= 0.3 is 5.97 Å². The van der Waals surface area contributed by atoms with Crippen molar-refractivity contribution in [3.63, 3.8) is 0 Å². The van der Waals surface area contributed by atoms with E-state index in [2.05, 4.69) is 43.8 Å². The van der Waals surface area contributed by atoms with Crippen molar-refractivity contribution in [1.82, 2.24) is 16.1 Å². The fourth-order valence-corrected chi connectivity index (χ4v) is 4.87. The fourth-order valence-electron chi connectivity index (χ4n) is 3.82. The molecule has 2 aromatic carbocycles. The molecule has 0 aromatic heterocycles. The highest BCUT2D eigenvalue weighted by Crippen LogP contribution is 2.35. The molecule has 12 heteroatoms. The second-order valence-electron chi connectivity index (χ2n) is 8.11. The van der Waals surface area contributed by atoms with Gasteiger partial charge in [0.2, 0.25) is 0 Å². The molecule has 10 nitrogen and oxygen atoms in total. The van der Waals surface area contributed by atoms with E-state index in [1.54, 1.807) is 38.1 Å². The Balaban J connectivity index is 1.70. The number of carbonyl (C=O) groups excluding carboxylic acids is 2. The number of hydrazone groups is 1. The first-order valence-corrected chi connectivity index (χ1v) is 13.9. The smallest absolute Gasteiger partial charge is 0.338 e. The molecule has 0 fully saturated rings. The van der Waals surface area contributed by atoms with Gasteiger partial charge in [-0.05, 0) is 86.3 Å². The number of hydrogen-bond acceptors (Lipinski definition) is 8. The number of benzene rings is 2. The number of amides is 1. The number of ether oxygens (including phenoxy) is 4. The highest BCUT2D eigenvalue weighted by Gasteiger charge is 2.32. The average Bonchev–Trinajstić information content (AvgIpc) is 2.89. The summed E-state index contributed by atoms with van der Waals surface area (Å²) in [4.78, 5) is 25.2. The number of carbonyl (C=O) groups is 2. The largest absolute Gasteiger partial charge is 0.490 e. The van der Waals surface area contributed by atoms with Gasteiger partial charge in [-0.25, -0.2) is 10.2 Å². The summed E-state index contributed by atoms with van der Waals surface area (Å²) in [5.74, 6) is 0.763. The molecule has 3 N–H and O–H groups in total. The lowest BCUT2D eigenvalue weighted by Gasteiger charge is -2.30. The molecule has 1 amide bonds. The van der Waals surface area contributed by atoms with Gasteiger partial charge in [-0.3, -0.25) is 4.79 Å². The molecule has 0 aliphatic carbocycles. The highest BCUT2D eigenvalue weighted by molar-refractivity contribution is 14.1. The van der Waals surface area contributed by atoms with Gasteiger partial charge < -0.3 is 29.6 Å². The molecular formula is C27H31IN4O6S. The minimum Gasteiger partial charge on any atom is -0.490 e. The van der Waals surface area contributed by atoms with Crippen molar-refractivity contribution in [3.8, 4) is 17.2 Å². The third kappa shape index (κ3) is 8.05. The van der Waals surface area contributed by atoms with Crippen LogP contribution in [0.25, 0.3) is 0 Å². The molecule has 0 saturated heterocycles. The van der Waals surface area contributed by atoms with E-state index in [-0.39, 0.29) is 13.2 Å². The van der Waals surface area contributed by atoms with Crippen LogP contribution in [0, 0.1) is 3.57 Å². The standard InChI is InChI=1S/C27H31IN4O6S/c1-5-35-21-13-17(12-19(28)25(21)36-6-2)14-29-32-22(33)15-38-20-11-9-8-10-18(20)24-23(26(34)37-7-3)16(4)30-27(39)31-24/h8-14,24H,5-7,15H2,1-4H3,(H,32,33)(H2,30,31,39)/t24-/m1/s1. The van der Waals surface area contributed by atoms with E-state index < -0.39 is 17.9 Å². The van der Waals surface area contributed by atoms with Crippen LogP contribution in [0.15, 0.2) is 52.8 Å². The van der Waals surface area contributed by atoms with Gasteiger partial charge in [-0.2, -0.15) is 5.10 Å². The first kappa shape index (κ1) is 30.2. The van der Waals surface area contributed by atoms with Gasteiger partial charge in [0.15, 0.2) is 23.2 Å². The Labute approximate surface area is 246 Å². The van der Waals surface area contributed by atoms with E-state index in [0.717, 1.165) is 9.13 Å². The molecule has 0 spiro atoms. The molecule has 39 heavy (non-hydrogen) atoms. The summed E-state index contributed by atoms with van der Waals surface area (Å²) in [6.45, 7) is 8.23. The van der Waals surface area contributed by atoms with Crippen molar-refractivity contribution in [2.24, 2.45) is 5.10 Å². The molecule has 1 aliphatic heterocycles. The lowest BCUT2D eigenvalue weighted by Crippen LogP contribution is -2.45. The normalized spacial score (nSPS) is 14.9. The van der Waals surface area contributed by atoms with E-state index in [4.69, 9.17) is 31.2 Å². The van der Waals surface area contributed by atoms with Gasteiger partial charge in [-0.15, -0.1) is 0 Å². The summed E-state index contributed by atoms with van der Waals surface area (Å²) in [6, 6.07) is 10.2. The van der Waals surface area contributed by atoms with Crippen LogP contribution in [-0.4, -0.2) is 49.6 Å². The van der Waals surface area contributed by atoms with Gasteiger partial charge in [0.05, 0.1) is 41.2 Å². The summed E-state index contributed by atoms with van der Waals surface area (Å²) in [5, 5.41) is 10.5. The number of nitrogens with zero attached hydrogens (tertiary/aromatic N) is 1.